The number of aromatic nitrogens is 1. The second-order valence-electron chi connectivity index (χ2n) is 5.56. The van der Waals surface area contributed by atoms with Crippen LogP contribution in [0, 0.1) is 13.8 Å². The van der Waals surface area contributed by atoms with Gasteiger partial charge in [0.15, 0.2) is 0 Å². The second-order valence-corrected chi connectivity index (χ2v) is 6.96. The topological polar surface area (TPSA) is 74.2 Å². The number of nitrogens with one attached hydrogen (secondary N) is 2. The predicted molar refractivity (Wildman–Crippen MR) is 79.9 cm³/mol. The lowest BCUT2D eigenvalue weighted by Crippen LogP contribution is -2.47. The predicted octanol–water partition coefficient (Wildman–Crippen LogP) is 2.25. The van der Waals surface area contributed by atoms with Crippen LogP contribution in [-0.4, -0.2) is 28.3 Å². The highest BCUT2D eigenvalue weighted by molar-refractivity contribution is 7.11. The third kappa shape index (κ3) is 4.18. The minimum Gasteiger partial charge on any atom is -0.388 e. The van der Waals surface area contributed by atoms with Crippen molar-refractivity contribution in [3.05, 3.63) is 15.6 Å². The summed E-state index contributed by atoms with van der Waals surface area (Å²) in [7, 11) is 0. The Hall–Kier alpha value is -1.14. The Bertz CT molecular complexity index is 467. The minimum atomic E-state index is -0.720. The number of thiazole rings is 1. The van der Waals surface area contributed by atoms with Crippen LogP contribution in [0.1, 0.15) is 47.7 Å². The van der Waals surface area contributed by atoms with Crippen LogP contribution < -0.4 is 10.6 Å². The molecule has 0 radical (unpaired) electrons. The zero-order valence-electron chi connectivity index (χ0n) is 12.2. The van der Waals surface area contributed by atoms with Gasteiger partial charge in [0, 0.05) is 11.4 Å². The Kier molecular flexibility index (Phi) is 4.99. The third-order valence-corrected chi connectivity index (χ3v) is 4.71. The van der Waals surface area contributed by atoms with Gasteiger partial charge < -0.3 is 15.7 Å². The highest BCUT2D eigenvalue weighted by Gasteiger charge is 2.29. The number of hydrogen-bond acceptors (Lipinski definition) is 4. The van der Waals surface area contributed by atoms with Gasteiger partial charge in [0.25, 0.3) is 0 Å². The molecule has 0 aromatic carbocycles. The maximum atomic E-state index is 11.8. The van der Waals surface area contributed by atoms with Crippen LogP contribution in [0.2, 0.25) is 0 Å². The van der Waals surface area contributed by atoms with Crippen molar-refractivity contribution in [3.8, 4) is 0 Å². The number of carbonyl (C=O) groups excluding carboxylic acids is 1. The molecule has 2 rings (SSSR count). The van der Waals surface area contributed by atoms with Gasteiger partial charge in [-0.25, -0.2) is 9.78 Å². The summed E-state index contributed by atoms with van der Waals surface area (Å²) in [5, 5.41) is 16.9. The number of aryl methyl sites for hydroxylation is 2. The summed E-state index contributed by atoms with van der Waals surface area (Å²) in [5.74, 6) is 0. The van der Waals surface area contributed by atoms with E-state index < -0.39 is 5.60 Å². The van der Waals surface area contributed by atoms with Gasteiger partial charge in [-0.3, -0.25) is 0 Å². The van der Waals surface area contributed by atoms with Crippen LogP contribution in [0.4, 0.5) is 4.79 Å². The molecule has 0 unspecified atom stereocenters. The molecule has 2 amide bonds. The molecular formula is C14H23N3O2S. The first-order valence-corrected chi connectivity index (χ1v) is 7.97. The summed E-state index contributed by atoms with van der Waals surface area (Å²) >= 11 is 1.63. The Balaban J connectivity index is 1.74. The maximum absolute atomic E-state index is 11.8. The summed E-state index contributed by atoms with van der Waals surface area (Å²) in [5.41, 5.74) is 0.196. The fraction of sp³-hybridized carbons (Fsp3) is 0.714. The van der Waals surface area contributed by atoms with Gasteiger partial charge in [-0.1, -0.05) is 19.3 Å². The molecule has 20 heavy (non-hydrogen) atoms. The molecule has 1 aromatic rings. The van der Waals surface area contributed by atoms with Crippen molar-refractivity contribution in [2.75, 3.05) is 6.54 Å². The van der Waals surface area contributed by atoms with E-state index >= 15 is 0 Å². The third-order valence-electron chi connectivity index (χ3n) is 3.78. The molecule has 112 valence electrons. The Morgan fingerprint density at radius 2 is 2.00 bits per heavy atom. The average molecular weight is 297 g/mol. The minimum absolute atomic E-state index is 0.242. The Morgan fingerprint density at radius 3 is 2.60 bits per heavy atom. The van der Waals surface area contributed by atoms with Gasteiger partial charge in [-0.15, -0.1) is 11.3 Å². The zero-order valence-corrected chi connectivity index (χ0v) is 13.0. The number of carbonyl (C=O) groups is 1. The molecule has 0 saturated heterocycles. The van der Waals surface area contributed by atoms with Crippen LogP contribution in [0.3, 0.4) is 0 Å². The van der Waals surface area contributed by atoms with Crippen LogP contribution in [0.25, 0.3) is 0 Å². The van der Waals surface area contributed by atoms with E-state index in [1.54, 1.807) is 11.3 Å². The van der Waals surface area contributed by atoms with Crippen molar-refractivity contribution in [2.24, 2.45) is 0 Å². The molecule has 0 spiro atoms. The highest BCUT2D eigenvalue weighted by atomic mass is 32.1. The summed E-state index contributed by atoms with van der Waals surface area (Å²) in [6, 6.07) is -0.242. The second kappa shape index (κ2) is 6.54. The molecule has 5 nitrogen and oxygen atoms in total. The normalized spacial score (nSPS) is 17.8. The molecule has 6 heteroatoms. The molecule has 1 saturated carbocycles. The van der Waals surface area contributed by atoms with Crippen LogP contribution in [0.15, 0.2) is 0 Å². The van der Waals surface area contributed by atoms with Gasteiger partial charge in [0.2, 0.25) is 0 Å². The van der Waals surface area contributed by atoms with Gasteiger partial charge in [0.05, 0.1) is 22.8 Å². The Labute approximate surface area is 123 Å². The van der Waals surface area contributed by atoms with Crippen molar-refractivity contribution in [3.63, 3.8) is 0 Å². The average Bonchev–Trinajstić information content (AvgIpc) is 2.73. The van der Waals surface area contributed by atoms with Crippen LogP contribution >= 0.6 is 11.3 Å². The Morgan fingerprint density at radius 1 is 1.30 bits per heavy atom. The molecular weight excluding hydrogens is 274 g/mol. The molecule has 0 bridgehead atoms. The van der Waals surface area contributed by atoms with E-state index in [2.05, 4.69) is 15.6 Å². The number of hydrogen-bond donors (Lipinski definition) is 3. The lowest BCUT2D eigenvalue weighted by molar-refractivity contribution is 0.00719. The van der Waals surface area contributed by atoms with Crippen molar-refractivity contribution < 1.29 is 9.90 Å². The van der Waals surface area contributed by atoms with Crippen LogP contribution in [0.5, 0.6) is 0 Å². The fourth-order valence-corrected chi connectivity index (χ4v) is 3.43. The van der Waals surface area contributed by atoms with Crippen LogP contribution in [-0.2, 0) is 6.54 Å². The number of aliphatic hydroxyl groups is 1. The molecule has 0 atom stereocenters. The molecule has 1 fully saturated rings. The van der Waals surface area contributed by atoms with E-state index in [1.807, 2.05) is 13.8 Å². The lowest BCUT2D eigenvalue weighted by Gasteiger charge is -2.32. The fourth-order valence-electron chi connectivity index (χ4n) is 2.59. The molecule has 1 aliphatic rings. The smallest absolute Gasteiger partial charge is 0.315 e. The van der Waals surface area contributed by atoms with Gasteiger partial charge in [-0.05, 0) is 26.7 Å². The number of urea groups is 1. The molecule has 1 aromatic heterocycles. The monoisotopic (exact) mass is 297 g/mol. The lowest BCUT2D eigenvalue weighted by atomic mass is 9.85. The van der Waals surface area contributed by atoms with E-state index in [4.69, 9.17) is 0 Å². The van der Waals surface area contributed by atoms with E-state index in [-0.39, 0.29) is 6.03 Å². The summed E-state index contributed by atoms with van der Waals surface area (Å²) < 4.78 is 0. The zero-order chi connectivity index (χ0) is 14.6. The first-order valence-electron chi connectivity index (χ1n) is 7.15. The molecule has 0 aliphatic heterocycles. The first kappa shape index (κ1) is 15.3. The molecule has 3 N–H and O–H groups in total. The molecule has 1 heterocycles. The molecule has 1 aliphatic carbocycles. The summed E-state index contributed by atoms with van der Waals surface area (Å²) in [4.78, 5) is 17.3. The van der Waals surface area contributed by atoms with E-state index in [0.29, 0.717) is 13.1 Å². The maximum Gasteiger partial charge on any atom is 0.315 e. The standard InChI is InChI=1S/C14H23N3O2S/c1-10-12(17-11(2)20-10)8-15-13(18)16-9-14(19)6-4-3-5-7-14/h19H,3-9H2,1-2H3,(H2,15,16,18). The van der Waals surface area contributed by atoms with Gasteiger partial charge >= 0.3 is 6.03 Å². The number of amides is 2. The van der Waals surface area contributed by atoms with Gasteiger partial charge in [0.1, 0.15) is 0 Å². The van der Waals surface area contributed by atoms with Crippen molar-refractivity contribution in [1.82, 2.24) is 15.6 Å². The van der Waals surface area contributed by atoms with E-state index in [1.165, 1.54) is 6.42 Å². The van der Waals surface area contributed by atoms with Gasteiger partial charge in [-0.2, -0.15) is 0 Å². The first-order chi connectivity index (χ1) is 9.48. The van der Waals surface area contributed by atoms with E-state index in [0.717, 1.165) is 41.3 Å². The van der Waals surface area contributed by atoms with Crippen molar-refractivity contribution in [2.45, 2.75) is 58.1 Å². The SMILES string of the molecule is Cc1nc(CNC(=O)NCC2(O)CCCCC2)c(C)s1. The van der Waals surface area contributed by atoms with Crippen molar-refractivity contribution in [1.29, 1.82) is 0 Å². The number of rotatable bonds is 4. The quantitative estimate of drug-likeness (QED) is 0.798. The van der Waals surface area contributed by atoms with E-state index in [9.17, 15) is 9.90 Å². The van der Waals surface area contributed by atoms with Crippen molar-refractivity contribution >= 4 is 17.4 Å². The number of nitrogens with zero attached hydrogens (tertiary/aromatic N) is 1. The largest absolute Gasteiger partial charge is 0.388 e. The highest BCUT2D eigenvalue weighted by Crippen LogP contribution is 2.27. The summed E-state index contributed by atoms with van der Waals surface area (Å²) in [6.45, 7) is 4.72. The summed E-state index contributed by atoms with van der Waals surface area (Å²) in [6.07, 6.45) is 4.81.